The number of nitrogens with zero attached hydrogens (tertiary/aromatic N) is 2. The third kappa shape index (κ3) is 7.92. The number of aryl methyl sites for hydroxylation is 1. The van der Waals surface area contributed by atoms with E-state index in [-0.39, 0.29) is 24.0 Å². The summed E-state index contributed by atoms with van der Waals surface area (Å²) in [7, 11) is 1.77. The van der Waals surface area contributed by atoms with Gasteiger partial charge in [0, 0.05) is 24.7 Å². The number of nitrogens with one attached hydrogen (secondary N) is 2. The Morgan fingerprint density at radius 2 is 1.89 bits per heavy atom. The molecule has 0 spiro atoms. The zero-order valence-corrected chi connectivity index (χ0v) is 19.5. The Hall–Kier alpha value is -1.55. The second kappa shape index (κ2) is 12.8. The molecular formula is C19H29IN4O2S. The molecule has 8 heteroatoms. The maximum atomic E-state index is 5.68. The lowest BCUT2D eigenvalue weighted by atomic mass is 10.1. The fourth-order valence-corrected chi connectivity index (χ4v) is 3.17. The van der Waals surface area contributed by atoms with Gasteiger partial charge in [0.1, 0.15) is 5.01 Å². The van der Waals surface area contributed by atoms with E-state index in [9.17, 15) is 0 Å². The summed E-state index contributed by atoms with van der Waals surface area (Å²) < 4.78 is 11.3. The summed E-state index contributed by atoms with van der Waals surface area (Å²) in [6, 6.07) is 6.09. The first-order chi connectivity index (χ1) is 12.7. The van der Waals surface area contributed by atoms with E-state index in [0.717, 1.165) is 35.4 Å². The zero-order chi connectivity index (χ0) is 18.8. The molecule has 0 saturated heterocycles. The number of halogens is 1. The molecule has 0 saturated carbocycles. The summed E-state index contributed by atoms with van der Waals surface area (Å²) in [5, 5.41) is 7.67. The highest BCUT2D eigenvalue weighted by Gasteiger charge is 2.07. The molecule has 6 nitrogen and oxygen atoms in total. The van der Waals surface area contributed by atoms with Crippen molar-refractivity contribution in [3.63, 3.8) is 0 Å². The first-order valence-electron chi connectivity index (χ1n) is 8.90. The van der Waals surface area contributed by atoms with Gasteiger partial charge in [0.05, 0.1) is 19.8 Å². The highest BCUT2D eigenvalue weighted by Crippen LogP contribution is 2.28. The van der Waals surface area contributed by atoms with Crippen LogP contribution in [0.5, 0.6) is 11.5 Å². The number of thiazole rings is 1. The maximum Gasteiger partial charge on any atom is 0.191 e. The number of ether oxygens (including phenoxy) is 2. The van der Waals surface area contributed by atoms with E-state index in [1.54, 1.807) is 18.4 Å². The lowest BCUT2D eigenvalue weighted by molar-refractivity contribution is 0.287. The molecule has 27 heavy (non-hydrogen) atoms. The fourth-order valence-electron chi connectivity index (χ4n) is 2.44. The third-order valence-electron chi connectivity index (χ3n) is 3.61. The highest BCUT2D eigenvalue weighted by atomic mass is 127. The molecule has 2 rings (SSSR count). The van der Waals surface area contributed by atoms with Gasteiger partial charge in [-0.15, -0.1) is 35.3 Å². The van der Waals surface area contributed by atoms with Crippen molar-refractivity contribution in [3.8, 4) is 11.5 Å². The van der Waals surface area contributed by atoms with Crippen LogP contribution in [-0.4, -0.2) is 37.7 Å². The molecule has 0 aliphatic carbocycles. The topological polar surface area (TPSA) is 67.8 Å². The molecule has 1 heterocycles. The average molecular weight is 504 g/mol. The Bertz CT molecular complexity index is 721. The van der Waals surface area contributed by atoms with Gasteiger partial charge in [0.2, 0.25) is 0 Å². The highest BCUT2D eigenvalue weighted by molar-refractivity contribution is 14.0. The largest absolute Gasteiger partial charge is 0.490 e. The van der Waals surface area contributed by atoms with Crippen molar-refractivity contribution in [3.05, 3.63) is 39.8 Å². The minimum Gasteiger partial charge on any atom is -0.490 e. The fraction of sp³-hybridized carbons (Fsp3) is 0.474. The summed E-state index contributed by atoms with van der Waals surface area (Å²) in [6.07, 6.45) is 2.75. The van der Waals surface area contributed by atoms with E-state index in [1.807, 2.05) is 32.2 Å². The summed E-state index contributed by atoms with van der Waals surface area (Å²) in [6.45, 7) is 8.70. The van der Waals surface area contributed by atoms with Crippen molar-refractivity contribution >= 4 is 41.3 Å². The molecule has 1 aromatic heterocycles. The molecule has 150 valence electrons. The van der Waals surface area contributed by atoms with Crippen LogP contribution in [0.2, 0.25) is 0 Å². The molecule has 0 aliphatic rings. The Morgan fingerprint density at radius 1 is 1.15 bits per heavy atom. The van der Waals surface area contributed by atoms with Crippen LogP contribution >= 0.6 is 35.3 Å². The monoisotopic (exact) mass is 504 g/mol. The molecule has 0 fully saturated rings. The second-order valence-corrected chi connectivity index (χ2v) is 6.93. The lowest BCUT2D eigenvalue weighted by Crippen LogP contribution is -2.37. The Labute approximate surface area is 182 Å². The molecule has 0 atom stereocenters. The Morgan fingerprint density at radius 3 is 2.52 bits per heavy atom. The van der Waals surface area contributed by atoms with Gasteiger partial charge in [0.25, 0.3) is 0 Å². The summed E-state index contributed by atoms with van der Waals surface area (Å²) in [5.41, 5.74) is 1.19. The molecule has 0 aliphatic heterocycles. The van der Waals surface area contributed by atoms with E-state index in [1.165, 1.54) is 10.4 Å². The van der Waals surface area contributed by atoms with Gasteiger partial charge < -0.3 is 20.1 Å². The summed E-state index contributed by atoms with van der Waals surface area (Å²) in [4.78, 5) is 9.81. The average Bonchev–Trinajstić information content (AvgIpc) is 3.05. The number of aromatic nitrogens is 1. The standard InChI is InChI=1S/C19H28N4O2S.HI/c1-5-24-16-8-7-15(11-17(16)25-6-2)9-10-21-19(20-4)23-13-18-22-12-14(3)26-18;/h7-8,11-12H,5-6,9-10,13H2,1-4H3,(H2,20,21,23);1H. The van der Waals surface area contributed by atoms with Crippen LogP contribution in [0.1, 0.15) is 29.3 Å². The molecular weight excluding hydrogens is 475 g/mol. The van der Waals surface area contributed by atoms with Crippen molar-refractivity contribution in [2.75, 3.05) is 26.8 Å². The first-order valence-corrected chi connectivity index (χ1v) is 9.72. The van der Waals surface area contributed by atoms with Gasteiger partial charge in [-0.05, 0) is 44.9 Å². The van der Waals surface area contributed by atoms with Gasteiger partial charge in [0.15, 0.2) is 17.5 Å². The van der Waals surface area contributed by atoms with Crippen LogP contribution in [0.3, 0.4) is 0 Å². The number of rotatable bonds is 9. The van der Waals surface area contributed by atoms with Crippen molar-refractivity contribution in [2.45, 2.75) is 33.7 Å². The van der Waals surface area contributed by atoms with Crippen LogP contribution < -0.4 is 20.1 Å². The number of benzene rings is 1. The first kappa shape index (κ1) is 23.5. The van der Waals surface area contributed by atoms with E-state index in [0.29, 0.717) is 19.8 Å². The Balaban J connectivity index is 0.00000364. The Kier molecular flexibility index (Phi) is 11.1. The normalized spacial score (nSPS) is 10.9. The molecule has 1 aromatic carbocycles. The van der Waals surface area contributed by atoms with Crippen molar-refractivity contribution in [1.82, 2.24) is 15.6 Å². The molecule has 2 N–H and O–H groups in total. The van der Waals surface area contributed by atoms with E-state index >= 15 is 0 Å². The van der Waals surface area contributed by atoms with Crippen LogP contribution in [0.4, 0.5) is 0 Å². The van der Waals surface area contributed by atoms with E-state index in [2.05, 4.69) is 33.6 Å². The maximum absolute atomic E-state index is 5.68. The van der Waals surface area contributed by atoms with Crippen LogP contribution in [0.15, 0.2) is 29.4 Å². The second-order valence-electron chi connectivity index (χ2n) is 5.61. The van der Waals surface area contributed by atoms with Gasteiger partial charge >= 0.3 is 0 Å². The smallest absolute Gasteiger partial charge is 0.191 e. The van der Waals surface area contributed by atoms with Crippen LogP contribution in [0, 0.1) is 6.92 Å². The number of guanidine groups is 1. The van der Waals surface area contributed by atoms with Gasteiger partial charge in [-0.25, -0.2) is 4.98 Å². The molecule has 2 aromatic rings. The van der Waals surface area contributed by atoms with Gasteiger partial charge in [-0.2, -0.15) is 0 Å². The number of hydrogen-bond donors (Lipinski definition) is 2. The minimum atomic E-state index is 0. The van der Waals surface area contributed by atoms with Crippen LogP contribution in [-0.2, 0) is 13.0 Å². The summed E-state index contributed by atoms with van der Waals surface area (Å²) in [5.74, 6) is 2.37. The predicted octanol–water partition coefficient (Wildman–Crippen LogP) is 3.77. The van der Waals surface area contributed by atoms with Crippen molar-refractivity contribution in [1.29, 1.82) is 0 Å². The predicted molar refractivity (Wildman–Crippen MR) is 123 cm³/mol. The van der Waals surface area contributed by atoms with Crippen LogP contribution in [0.25, 0.3) is 0 Å². The molecule has 0 radical (unpaired) electrons. The molecule has 0 bridgehead atoms. The zero-order valence-electron chi connectivity index (χ0n) is 16.4. The lowest BCUT2D eigenvalue weighted by Gasteiger charge is -2.13. The number of aliphatic imine (C=N–C) groups is 1. The van der Waals surface area contributed by atoms with Gasteiger partial charge in [-0.3, -0.25) is 4.99 Å². The van der Waals surface area contributed by atoms with Crippen molar-refractivity contribution < 1.29 is 9.47 Å². The third-order valence-corrected chi connectivity index (χ3v) is 4.53. The minimum absolute atomic E-state index is 0. The van der Waals surface area contributed by atoms with Crippen molar-refractivity contribution in [2.24, 2.45) is 4.99 Å². The summed E-state index contributed by atoms with van der Waals surface area (Å²) >= 11 is 1.69. The SMILES string of the molecule is CCOc1ccc(CCNC(=NC)NCc2ncc(C)s2)cc1OCC.I. The molecule has 0 amide bonds. The quantitative estimate of drug-likeness (QED) is 0.309. The van der Waals surface area contributed by atoms with Gasteiger partial charge in [-0.1, -0.05) is 6.07 Å². The van der Waals surface area contributed by atoms with E-state index < -0.39 is 0 Å². The molecule has 0 unspecified atom stereocenters. The number of hydrogen-bond acceptors (Lipinski definition) is 5. The van der Waals surface area contributed by atoms with E-state index in [4.69, 9.17) is 9.47 Å².